The van der Waals surface area contributed by atoms with Gasteiger partial charge in [0, 0.05) is 12.5 Å². The lowest BCUT2D eigenvalue weighted by atomic mass is 9.98. The summed E-state index contributed by atoms with van der Waals surface area (Å²) < 4.78 is 5.74. The molecule has 2 heteroatoms. The van der Waals surface area contributed by atoms with E-state index in [0.717, 1.165) is 31.7 Å². The van der Waals surface area contributed by atoms with E-state index in [-0.39, 0.29) is 0 Å². The van der Waals surface area contributed by atoms with Gasteiger partial charge in [-0.1, -0.05) is 39.0 Å². The average molecular weight is 233 g/mol. The van der Waals surface area contributed by atoms with Gasteiger partial charge >= 0.3 is 0 Å². The molecule has 0 aromatic heterocycles. The number of rotatable bonds is 5. The molecule has 0 fully saturated rings. The van der Waals surface area contributed by atoms with E-state index < -0.39 is 0 Å². The van der Waals surface area contributed by atoms with Gasteiger partial charge in [-0.2, -0.15) is 0 Å². The summed E-state index contributed by atoms with van der Waals surface area (Å²) in [6.07, 6.45) is 2.17. The molecule has 0 radical (unpaired) electrons. The predicted molar refractivity (Wildman–Crippen MR) is 71.6 cm³/mol. The van der Waals surface area contributed by atoms with Crippen molar-refractivity contribution in [3.8, 4) is 5.75 Å². The van der Waals surface area contributed by atoms with Crippen molar-refractivity contribution in [1.29, 1.82) is 0 Å². The molecule has 0 saturated carbocycles. The topological polar surface area (TPSA) is 21.3 Å². The first-order valence-corrected chi connectivity index (χ1v) is 6.63. The zero-order valence-corrected chi connectivity index (χ0v) is 11.1. The van der Waals surface area contributed by atoms with Crippen molar-refractivity contribution >= 4 is 0 Å². The molecule has 94 valence electrons. The zero-order chi connectivity index (χ0) is 12.3. The summed E-state index contributed by atoms with van der Waals surface area (Å²) >= 11 is 0. The highest BCUT2D eigenvalue weighted by Crippen LogP contribution is 2.30. The first-order chi connectivity index (χ1) is 8.16. The molecule has 1 unspecified atom stereocenters. The minimum absolute atomic E-state index is 0.565. The van der Waals surface area contributed by atoms with E-state index in [0.29, 0.717) is 12.0 Å². The molecular formula is C15H23NO. The van der Waals surface area contributed by atoms with Crippen molar-refractivity contribution in [2.45, 2.75) is 39.7 Å². The van der Waals surface area contributed by atoms with Crippen LogP contribution < -0.4 is 10.1 Å². The highest BCUT2D eigenvalue weighted by molar-refractivity contribution is 5.44. The number of ether oxygens (including phenoxy) is 1. The summed E-state index contributed by atoms with van der Waals surface area (Å²) in [5.74, 6) is 1.80. The normalized spacial score (nSPS) is 15.8. The van der Waals surface area contributed by atoms with Crippen molar-refractivity contribution in [1.82, 2.24) is 5.32 Å². The van der Waals surface area contributed by atoms with Gasteiger partial charge < -0.3 is 10.1 Å². The average Bonchev–Trinajstić information content (AvgIpc) is 2.75. The van der Waals surface area contributed by atoms with E-state index >= 15 is 0 Å². The maximum absolute atomic E-state index is 5.74. The second-order valence-corrected chi connectivity index (χ2v) is 5.38. The maximum atomic E-state index is 5.74. The molecule has 1 N–H and O–H groups in total. The Morgan fingerprint density at radius 1 is 1.29 bits per heavy atom. The number of hydrogen-bond acceptors (Lipinski definition) is 2. The Kier molecular flexibility index (Phi) is 4.06. The van der Waals surface area contributed by atoms with Crippen LogP contribution in [0.25, 0.3) is 0 Å². The minimum Gasteiger partial charge on any atom is -0.493 e. The third-order valence-electron chi connectivity index (χ3n) is 3.24. The van der Waals surface area contributed by atoms with Gasteiger partial charge in [-0.3, -0.25) is 0 Å². The lowest BCUT2D eigenvalue weighted by Crippen LogP contribution is -2.28. The van der Waals surface area contributed by atoms with Crippen LogP contribution in [0.4, 0.5) is 0 Å². The Morgan fingerprint density at radius 2 is 2.12 bits per heavy atom. The summed E-state index contributed by atoms with van der Waals surface area (Å²) in [5, 5.41) is 3.49. The highest BCUT2D eigenvalue weighted by atomic mass is 16.5. The fourth-order valence-corrected chi connectivity index (χ4v) is 2.33. The fourth-order valence-electron chi connectivity index (χ4n) is 2.33. The third-order valence-corrected chi connectivity index (χ3v) is 3.24. The summed E-state index contributed by atoms with van der Waals surface area (Å²) in [6, 6.07) is 7.11. The smallest absolute Gasteiger partial charge is 0.125 e. The van der Waals surface area contributed by atoms with Crippen LogP contribution in [0.2, 0.25) is 0 Å². The molecule has 0 amide bonds. The van der Waals surface area contributed by atoms with Gasteiger partial charge in [-0.05, 0) is 30.0 Å². The number of para-hydroxylation sites is 1. The van der Waals surface area contributed by atoms with Gasteiger partial charge in [-0.15, -0.1) is 0 Å². The van der Waals surface area contributed by atoms with Crippen LogP contribution >= 0.6 is 0 Å². The van der Waals surface area contributed by atoms with Gasteiger partial charge in [-0.25, -0.2) is 0 Å². The first-order valence-electron chi connectivity index (χ1n) is 6.63. The third kappa shape index (κ3) is 3.22. The van der Waals surface area contributed by atoms with Crippen molar-refractivity contribution in [2.75, 3.05) is 13.2 Å². The molecule has 0 spiro atoms. The van der Waals surface area contributed by atoms with E-state index in [1.165, 1.54) is 11.1 Å². The van der Waals surface area contributed by atoms with Crippen LogP contribution in [-0.4, -0.2) is 19.2 Å². The molecule has 0 aliphatic carbocycles. The molecule has 2 rings (SSSR count). The predicted octanol–water partition coefficient (Wildman–Crippen LogP) is 2.80. The molecule has 1 aliphatic heterocycles. The van der Waals surface area contributed by atoms with Crippen LogP contribution in [0.15, 0.2) is 18.2 Å². The second-order valence-electron chi connectivity index (χ2n) is 5.38. The van der Waals surface area contributed by atoms with Gasteiger partial charge in [0.15, 0.2) is 0 Å². The largest absolute Gasteiger partial charge is 0.493 e. The summed E-state index contributed by atoms with van der Waals surface area (Å²) in [6.45, 7) is 8.60. The molecule has 0 saturated heterocycles. The molecular weight excluding hydrogens is 210 g/mol. The molecule has 17 heavy (non-hydrogen) atoms. The lowest BCUT2D eigenvalue weighted by molar-refractivity contribution is 0.350. The van der Waals surface area contributed by atoms with Crippen molar-refractivity contribution < 1.29 is 4.74 Å². The quantitative estimate of drug-likeness (QED) is 0.844. The van der Waals surface area contributed by atoms with E-state index in [9.17, 15) is 0 Å². The number of benzene rings is 1. The summed E-state index contributed by atoms with van der Waals surface area (Å²) in [4.78, 5) is 0. The maximum Gasteiger partial charge on any atom is 0.125 e. The van der Waals surface area contributed by atoms with E-state index in [2.05, 4.69) is 44.3 Å². The van der Waals surface area contributed by atoms with E-state index in [1.54, 1.807) is 0 Å². The molecule has 1 aliphatic rings. The fraction of sp³-hybridized carbons (Fsp3) is 0.600. The molecule has 2 nitrogen and oxygen atoms in total. The van der Waals surface area contributed by atoms with Gasteiger partial charge in [0.1, 0.15) is 5.75 Å². The van der Waals surface area contributed by atoms with E-state index in [4.69, 9.17) is 4.74 Å². The molecule has 0 bridgehead atoms. The van der Waals surface area contributed by atoms with Crippen molar-refractivity contribution in [2.24, 2.45) is 5.92 Å². The monoisotopic (exact) mass is 233 g/mol. The minimum atomic E-state index is 0.565. The first kappa shape index (κ1) is 12.4. The highest BCUT2D eigenvalue weighted by Gasteiger charge is 2.17. The van der Waals surface area contributed by atoms with Crippen LogP contribution in [-0.2, 0) is 12.8 Å². The van der Waals surface area contributed by atoms with Crippen LogP contribution in [0, 0.1) is 5.92 Å². The number of fused-ring (bicyclic) bond motifs is 1. The van der Waals surface area contributed by atoms with Crippen molar-refractivity contribution in [3.63, 3.8) is 0 Å². The van der Waals surface area contributed by atoms with Crippen LogP contribution in [0.1, 0.15) is 31.9 Å². The van der Waals surface area contributed by atoms with Crippen LogP contribution in [0.5, 0.6) is 5.75 Å². The van der Waals surface area contributed by atoms with Gasteiger partial charge in [0.25, 0.3) is 0 Å². The SMILES string of the molecule is CC(CNC(C)C)Cc1cccc2c1OCC2. The number of nitrogens with one attached hydrogen (secondary N) is 1. The Labute approximate surface area is 104 Å². The van der Waals surface area contributed by atoms with Crippen molar-refractivity contribution in [3.05, 3.63) is 29.3 Å². The standard InChI is InChI=1S/C15H23NO/c1-11(2)16-10-12(3)9-14-6-4-5-13-7-8-17-15(13)14/h4-6,11-12,16H,7-10H2,1-3H3. The van der Waals surface area contributed by atoms with Gasteiger partial charge in [0.05, 0.1) is 6.61 Å². The van der Waals surface area contributed by atoms with Crippen LogP contribution in [0.3, 0.4) is 0 Å². The molecule has 1 aromatic carbocycles. The summed E-state index contributed by atoms with van der Waals surface area (Å²) in [7, 11) is 0. The Morgan fingerprint density at radius 3 is 2.88 bits per heavy atom. The number of hydrogen-bond donors (Lipinski definition) is 1. The molecule has 1 aromatic rings. The molecule has 1 heterocycles. The van der Waals surface area contributed by atoms with Gasteiger partial charge in [0.2, 0.25) is 0 Å². The molecule has 1 atom stereocenters. The Bertz CT molecular complexity index is 373. The lowest BCUT2D eigenvalue weighted by Gasteiger charge is -2.16. The zero-order valence-electron chi connectivity index (χ0n) is 11.1. The van der Waals surface area contributed by atoms with E-state index in [1.807, 2.05) is 0 Å². The Hall–Kier alpha value is -1.02. The summed E-state index contributed by atoms with van der Waals surface area (Å²) in [5.41, 5.74) is 2.75. The second kappa shape index (κ2) is 5.54. The Balaban J connectivity index is 1.97.